The van der Waals surface area contributed by atoms with Gasteiger partial charge >= 0.3 is 0 Å². The second-order valence-electron chi connectivity index (χ2n) is 5.19. The van der Waals surface area contributed by atoms with Crippen molar-refractivity contribution in [3.05, 3.63) is 35.4 Å². The van der Waals surface area contributed by atoms with E-state index in [1.807, 2.05) is 12.1 Å². The van der Waals surface area contributed by atoms with E-state index in [2.05, 4.69) is 29.6 Å². The predicted molar refractivity (Wildman–Crippen MR) is 86.0 cm³/mol. The maximum absolute atomic E-state index is 11.7. The van der Waals surface area contributed by atoms with Crippen LogP contribution < -0.4 is 5.43 Å². The van der Waals surface area contributed by atoms with Crippen LogP contribution in [0.1, 0.15) is 43.2 Å². The summed E-state index contributed by atoms with van der Waals surface area (Å²) >= 11 is 1.63. The lowest BCUT2D eigenvalue weighted by Crippen LogP contribution is -2.22. The Labute approximate surface area is 125 Å². The number of rotatable bonds is 5. The van der Waals surface area contributed by atoms with Crippen molar-refractivity contribution in [3.8, 4) is 0 Å². The first-order valence-corrected chi connectivity index (χ1v) is 8.37. The first kappa shape index (κ1) is 15.1. The predicted octanol–water partition coefficient (Wildman–Crippen LogP) is 3.66. The van der Waals surface area contributed by atoms with E-state index in [9.17, 15) is 4.79 Å². The lowest BCUT2D eigenvalue weighted by molar-refractivity contribution is -0.118. The normalized spacial score (nSPS) is 14.9. The summed E-state index contributed by atoms with van der Waals surface area (Å²) in [6.07, 6.45) is 5.78. The third-order valence-electron chi connectivity index (χ3n) is 3.52. The summed E-state index contributed by atoms with van der Waals surface area (Å²) in [5.74, 6) is 1.34. The fourth-order valence-corrected chi connectivity index (χ4v) is 3.17. The van der Waals surface area contributed by atoms with Gasteiger partial charge in [0.2, 0.25) is 5.91 Å². The Morgan fingerprint density at radius 2 is 2.00 bits per heavy atom. The molecule has 1 aromatic rings. The van der Waals surface area contributed by atoms with Gasteiger partial charge in [-0.3, -0.25) is 4.79 Å². The quantitative estimate of drug-likeness (QED) is 0.841. The van der Waals surface area contributed by atoms with Crippen LogP contribution in [0.4, 0.5) is 0 Å². The van der Waals surface area contributed by atoms with Crippen molar-refractivity contribution >= 4 is 23.4 Å². The summed E-state index contributed by atoms with van der Waals surface area (Å²) in [6.45, 7) is 2.10. The van der Waals surface area contributed by atoms with Crippen molar-refractivity contribution < 1.29 is 4.79 Å². The molecule has 3 nitrogen and oxygen atoms in total. The van der Waals surface area contributed by atoms with Crippen molar-refractivity contribution in [1.29, 1.82) is 0 Å². The number of amides is 1. The Hall–Kier alpha value is -1.29. The van der Waals surface area contributed by atoms with Crippen LogP contribution in [0.5, 0.6) is 0 Å². The monoisotopic (exact) mass is 290 g/mol. The van der Waals surface area contributed by atoms with Crippen LogP contribution in [0.3, 0.4) is 0 Å². The number of hydrogen-bond donors (Lipinski definition) is 1. The van der Waals surface area contributed by atoms with Gasteiger partial charge in [0, 0.05) is 11.5 Å². The molecule has 0 radical (unpaired) electrons. The molecule has 20 heavy (non-hydrogen) atoms. The zero-order chi connectivity index (χ0) is 14.2. The third kappa shape index (κ3) is 5.00. The summed E-state index contributed by atoms with van der Waals surface area (Å²) in [5.41, 5.74) is 6.40. The molecule has 1 N–H and O–H groups in total. The molecule has 0 saturated heterocycles. The molecule has 0 aliphatic heterocycles. The molecule has 1 amide bonds. The molecule has 0 atom stereocenters. The highest BCUT2D eigenvalue weighted by molar-refractivity contribution is 7.99. The van der Waals surface area contributed by atoms with Crippen LogP contribution in [-0.4, -0.2) is 17.4 Å². The first-order valence-electron chi connectivity index (χ1n) is 7.22. The van der Waals surface area contributed by atoms with Crippen LogP contribution in [-0.2, 0) is 10.5 Å². The Morgan fingerprint density at radius 3 is 2.75 bits per heavy atom. The smallest absolute Gasteiger partial charge is 0.250 e. The van der Waals surface area contributed by atoms with E-state index in [0.717, 1.165) is 24.3 Å². The van der Waals surface area contributed by atoms with Gasteiger partial charge in [0.25, 0.3) is 0 Å². The largest absolute Gasteiger partial charge is 0.272 e. The van der Waals surface area contributed by atoms with Gasteiger partial charge < -0.3 is 0 Å². The molecular formula is C16H22N2OS. The maximum atomic E-state index is 11.7. The Morgan fingerprint density at radius 1 is 1.25 bits per heavy atom. The van der Waals surface area contributed by atoms with E-state index in [1.54, 1.807) is 11.8 Å². The Bertz CT molecular complexity index is 477. The van der Waals surface area contributed by atoms with Gasteiger partial charge in [-0.1, -0.05) is 30.7 Å². The lowest BCUT2D eigenvalue weighted by Gasteiger charge is -2.12. The fourth-order valence-electron chi connectivity index (χ4n) is 2.27. The number of aryl methyl sites for hydroxylation is 1. The summed E-state index contributed by atoms with van der Waals surface area (Å²) in [6, 6.07) is 8.29. The topological polar surface area (TPSA) is 41.5 Å². The van der Waals surface area contributed by atoms with Crippen LogP contribution in [0, 0.1) is 6.92 Å². The minimum absolute atomic E-state index is 0.00153. The Balaban J connectivity index is 1.69. The van der Waals surface area contributed by atoms with Gasteiger partial charge in [0.1, 0.15) is 0 Å². The van der Waals surface area contributed by atoms with Gasteiger partial charge in [-0.25, -0.2) is 5.43 Å². The van der Waals surface area contributed by atoms with Crippen LogP contribution in [0.2, 0.25) is 0 Å². The van der Waals surface area contributed by atoms with Gasteiger partial charge in [-0.05, 0) is 43.7 Å². The molecular weight excluding hydrogens is 268 g/mol. The highest BCUT2D eigenvalue weighted by Crippen LogP contribution is 2.16. The standard InChI is InChI=1S/C16H22N2OS/c1-13-7-5-6-8-14(13)11-20-12-16(19)18-17-15-9-3-2-4-10-15/h5-8H,2-4,9-12H2,1H3,(H,18,19). The zero-order valence-electron chi connectivity index (χ0n) is 12.0. The van der Waals surface area contributed by atoms with Gasteiger partial charge in [0.05, 0.1) is 5.75 Å². The minimum Gasteiger partial charge on any atom is -0.272 e. The number of hydrogen-bond acceptors (Lipinski definition) is 3. The average Bonchev–Trinajstić information content (AvgIpc) is 2.48. The minimum atomic E-state index is 0.00153. The van der Waals surface area contributed by atoms with E-state index >= 15 is 0 Å². The molecule has 4 heteroatoms. The van der Waals surface area contributed by atoms with Crippen molar-refractivity contribution in [1.82, 2.24) is 5.43 Å². The number of carbonyl (C=O) groups excluding carboxylic acids is 1. The van der Waals surface area contributed by atoms with Gasteiger partial charge in [0.15, 0.2) is 0 Å². The van der Waals surface area contributed by atoms with Gasteiger partial charge in [-0.15, -0.1) is 11.8 Å². The third-order valence-corrected chi connectivity index (χ3v) is 4.50. The molecule has 1 aliphatic rings. The lowest BCUT2D eigenvalue weighted by atomic mass is 9.99. The van der Waals surface area contributed by atoms with Crippen LogP contribution in [0.25, 0.3) is 0 Å². The average molecular weight is 290 g/mol. The fraction of sp³-hybridized carbons (Fsp3) is 0.500. The molecule has 0 bridgehead atoms. The van der Waals surface area contributed by atoms with E-state index in [1.165, 1.54) is 30.4 Å². The first-order chi connectivity index (χ1) is 9.75. The number of benzene rings is 1. The summed E-state index contributed by atoms with van der Waals surface area (Å²) in [5, 5.41) is 4.23. The number of hydrazone groups is 1. The number of nitrogens with zero attached hydrogens (tertiary/aromatic N) is 1. The zero-order valence-corrected chi connectivity index (χ0v) is 12.8. The highest BCUT2D eigenvalue weighted by atomic mass is 32.2. The second kappa shape index (κ2) is 8.10. The molecule has 0 unspecified atom stereocenters. The second-order valence-corrected chi connectivity index (χ2v) is 6.18. The number of carbonyl (C=O) groups is 1. The molecule has 1 aromatic carbocycles. The van der Waals surface area contributed by atoms with Crippen molar-refractivity contribution in [2.24, 2.45) is 5.10 Å². The SMILES string of the molecule is Cc1ccccc1CSCC(=O)NN=C1CCCCC1. The summed E-state index contributed by atoms with van der Waals surface area (Å²) < 4.78 is 0. The molecule has 2 rings (SSSR count). The molecule has 1 saturated carbocycles. The van der Waals surface area contributed by atoms with Crippen LogP contribution in [0.15, 0.2) is 29.4 Å². The van der Waals surface area contributed by atoms with Crippen molar-refractivity contribution in [3.63, 3.8) is 0 Å². The van der Waals surface area contributed by atoms with Crippen LogP contribution >= 0.6 is 11.8 Å². The van der Waals surface area contributed by atoms with E-state index in [4.69, 9.17) is 0 Å². The number of thioether (sulfide) groups is 1. The highest BCUT2D eigenvalue weighted by Gasteiger charge is 2.07. The number of nitrogens with one attached hydrogen (secondary N) is 1. The molecule has 108 valence electrons. The van der Waals surface area contributed by atoms with Crippen molar-refractivity contribution in [2.45, 2.75) is 44.8 Å². The van der Waals surface area contributed by atoms with Crippen molar-refractivity contribution in [2.75, 3.05) is 5.75 Å². The van der Waals surface area contributed by atoms with E-state index < -0.39 is 0 Å². The molecule has 1 aliphatic carbocycles. The molecule has 1 fully saturated rings. The Kier molecular flexibility index (Phi) is 6.12. The summed E-state index contributed by atoms with van der Waals surface area (Å²) in [4.78, 5) is 11.7. The summed E-state index contributed by atoms with van der Waals surface area (Å²) in [7, 11) is 0. The molecule has 0 aromatic heterocycles. The van der Waals surface area contributed by atoms with Gasteiger partial charge in [-0.2, -0.15) is 5.10 Å². The maximum Gasteiger partial charge on any atom is 0.250 e. The van der Waals surface area contributed by atoms with E-state index in [0.29, 0.717) is 5.75 Å². The molecule has 0 heterocycles. The molecule has 0 spiro atoms. The van der Waals surface area contributed by atoms with E-state index in [-0.39, 0.29) is 5.91 Å².